The van der Waals surface area contributed by atoms with Gasteiger partial charge in [0.1, 0.15) is 0 Å². The molecule has 0 heterocycles. The fourth-order valence-electron chi connectivity index (χ4n) is 0.924. The number of alkyl halides is 2. The van der Waals surface area contributed by atoms with E-state index in [4.69, 9.17) is 11.6 Å². The Kier molecular flexibility index (Phi) is 8.58. The smallest absolute Gasteiger partial charge is 0.0406 e. The first kappa shape index (κ1) is 13.0. The third kappa shape index (κ3) is 5.33. The van der Waals surface area contributed by atoms with Gasteiger partial charge in [0.15, 0.2) is 0 Å². The molecule has 1 aromatic carbocycles. The highest BCUT2D eigenvalue weighted by atomic mass is 79.9. The van der Waals surface area contributed by atoms with Crippen LogP contribution in [0.4, 0.5) is 0 Å². The van der Waals surface area contributed by atoms with Crippen molar-refractivity contribution in [1.29, 1.82) is 0 Å². The molecule has 0 radical (unpaired) electrons. The van der Waals surface area contributed by atoms with Gasteiger partial charge in [-0.05, 0) is 12.0 Å². The van der Waals surface area contributed by atoms with Crippen molar-refractivity contribution in [2.24, 2.45) is 0 Å². The molecule has 0 aliphatic carbocycles. The molecule has 1 rings (SSSR count). The van der Waals surface area contributed by atoms with E-state index < -0.39 is 0 Å². The Balaban J connectivity index is 0.000000671. The van der Waals surface area contributed by atoms with Gasteiger partial charge >= 0.3 is 0 Å². The molecule has 1 unspecified atom stereocenters. The van der Waals surface area contributed by atoms with Crippen LogP contribution in [-0.2, 0) is 0 Å². The van der Waals surface area contributed by atoms with Gasteiger partial charge in [0, 0.05) is 10.7 Å². The molecule has 0 spiro atoms. The Morgan fingerprint density at radius 3 is 2.23 bits per heavy atom. The maximum absolute atomic E-state index is 5.62. The van der Waals surface area contributed by atoms with Crippen LogP contribution in [0.3, 0.4) is 0 Å². The Morgan fingerprint density at radius 1 is 1.23 bits per heavy atom. The minimum Gasteiger partial charge on any atom is -0.127 e. The zero-order valence-electron chi connectivity index (χ0n) is 8.13. The second-order valence-electron chi connectivity index (χ2n) is 2.36. The summed E-state index contributed by atoms with van der Waals surface area (Å²) in [6.45, 7) is 4.00. The number of hydrogen-bond donors (Lipinski definition) is 0. The molecule has 0 bridgehead atoms. The van der Waals surface area contributed by atoms with Crippen LogP contribution >= 0.6 is 27.5 Å². The molecular weight excluding hydrogens is 247 g/mol. The third-order valence-electron chi connectivity index (χ3n) is 1.52. The minimum absolute atomic E-state index is 0.404. The van der Waals surface area contributed by atoms with Crippen LogP contribution in [0.25, 0.3) is 0 Å². The van der Waals surface area contributed by atoms with Crippen molar-refractivity contribution in [2.75, 3.05) is 5.88 Å². The molecule has 0 N–H and O–H groups in total. The van der Waals surface area contributed by atoms with Crippen LogP contribution < -0.4 is 0 Å². The highest BCUT2D eigenvalue weighted by molar-refractivity contribution is 9.09. The monoisotopic (exact) mass is 262 g/mol. The summed E-state index contributed by atoms with van der Waals surface area (Å²) in [5.41, 5.74) is 1.30. The number of rotatable bonds is 3. The van der Waals surface area contributed by atoms with Crippen LogP contribution in [0.1, 0.15) is 30.7 Å². The molecule has 0 nitrogen and oxygen atoms in total. The average molecular weight is 264 g/mol. The van der Waals surface area contributed by atoms with Crippen molar-refractivity contribution in [3.05, 3.63) is 35.9 Å². The topological polar surface area (TPSA) is 0 Å². The molecule has 0 saturated carbocycles. The summed E-state index contributed by atoms with van der Waals surface area (Å²) in [5.74, 6) is 0.699. The van der Waals surface area contributed by atoms with Gasteiger partial charge in [0.05, 0.1) is 0 Å². The average Bonchev–Trinajstić information content (AvgIpc) is 2.23. The number of hydrogen-bond acceptors (Lipinski definition) is 0. The highest BCUT2D eigenvalue weighted by Crippen LogP contribution is 2.25. The van der Waals surface area contributed by atoms with E-state index in [1.807, 2.05) is 32.0 Å². The molecule has 13 heavy (non-hydrogen) atoms. The summed E-state index contributed by atoms with van der Waals surface area (Å²) in [6.07, 6.45) is 0.978. The SMILES string of the molecule is CC.ClCCC(Br)c1ccccc1. The third-order valence-corrected chi connectivity index (χ3v) is 2.73. The lowest BCUT2D eigenvalue weighted by Crippen LogP contribution is -1.89. The van der Waals surface area contributed by atoms with Crippen LogP contribution in [0.15, 0.2) is 30.3 Å². The lowest BCUT2D eigenvalue weighted by molar-refractivity contribution is 0.918. The Morgan fingerprint density at radius 2 is 1.77 bits per heavy atom. The first-order chi connectivity index (χ1) is 6.34. The van der Waals surface area contributed by atoms with Gasteiger partial charge in [-0.15, -0.1) is 11.6 Å². The van der Waals surface area contributed by atoms with Crippen molar-refractivity contribution in [3.63, 3.8) is 0 Å². The summed E-state index contributed by atoms with van der Waals surface area (Å²) in [6, 6.07) is 10.3. The molecule has 2 heteroatoms. The van der Waals surface area contributed by atoms with Crippen molar-refractivity contribution in [1.82, 2.24) is 0 Å². The summed E-state index contributed by atoms with van der Waals surface area (Å²) in [5, 5.41) is 0. The van der Waals surface area contributed by atoms with E-state index in [1.54, 1.807) is 0 Å². The highest BCUT2D eigenvalue weighted by Gasteiger charge is 2.03. The lowest BCUT2D eigenvalue weighted by Gasteiger charge is -2.06. The molecule has 0 aliphatic heterocycles. The zero-order chi connectivity index (χ0) is 10.1. The van der Waals surface area contributed by atoms with E-state index in [0.717, 1.165) is 6.42 Å². The van der Waals surface area contributed by atoms with Crippen molar-refractivity contribution in [2.45, 2.75) is 25.1 Å². The molecular formula is C11H16BrCl. The molecule has 0 aliphatic rings. The van der Waals surface area contributed by atoms with Crippen molar-refractivity contribution >= 4 is 27.5 Å². The van der Waals surface area contributed by atoms with E-state index in [0.29, 0.717) is 10.7 Å². The fourth-order valence-corrected chi connectivity index (χ4v) is 1.94. The predicted molar refractivity (Wildman–Crippen MR) is 64.8 cm³/mol. The molecule has 74 valence electrons. The quantitative estimate of drug-likeness (QED) is 0.689. The first-order valence-electron chi connectivity index (χ1n) is 4.59. The molecule has 0 amide bonds. The van der Waals surface area contributed by atoms with E-state index in [9.17, 15) is 0 Å². The Hall–Kier alpha value is -0.0100. The molecule has 1 aromatic rings. The zero-order valence-corrected chi connectivity index (χ0v) is 10.5. The van der Waals surface area contributed by atoms with Gasteiger partial charge in [-0.1, -0.05) is 60.1 Å². The van der Waals surface area contributed by atoms with Gasteiger partial charge in [-0.3, -0.25) is 0 Å². The van der Waals surface area contributed by atoms with Gasteiger partial charge in [-0.2, -0.15) is 0 Å². The van der Waals surface area contributed by atoms with Crippen LogP contribution in [0.5, 0.6) is 0 Å². The summed E-state index contributed by atoms with van der Waals surface area (Å²) < 4.78 is 0. The van der Waals surface area contributed by atoms with Gasteiger partial charge < -0.3 is 0 Å². The summed E-state index contributed by atoms with van der Waals surface area (Å²) >= 11 is 9.18. The van der Waals surface area contributed by atoms with E-state index in [2.05, 4.69) is 28.1 Å². The normalized spacial score (nSPS) is 11.4. The predicted octanol–water partition coefficient (Wildman–Crippen LogP) is 4.78. The second kappa shape index (κ2) is 8.58. The van der Waals surface area contributed by atoms with E-state index in [1.165, 1.54) is 5.56 Å². The summed E-state index contributed by atoms with van der Waals surface area (Å²) in [7, 11) is 0. The minimum atomic E-state index is 0.404. The molecule has 0 saturated heterocycles. The van der Waals surface area contributed by atoms with E-state index in [-0.39, 0.29) is 0 Å². The maximum atomic E-state index is 5.62. The Labute approximate surface area is 94.4 Å². The van der Waals surface area contributed by atoms with E-state index >= 15 is 0 Å². The number of benzene rings is 1. The van der Waals surface area contributed by atoms with Gasteiger partial charge in [-0.25, -0.2) is 0 Å². The molecule has 0 fully saturated rings. The van der Waals surface area contributed by atoms with Crippen LogP contribution in [-0.4, -0.2) is 5.88 Å². The van der Waals surface area contributed by atoms with Gasteiger partial charge in [0.2, 0.25) is 0 Å². The molecule has 1 atom stereocenters. The summed E-state index contributed by atoms with van der Waals surface area (Å²) in [4.78, 5) is 0.404. The van der Waals surface area contributed by atoms with Crippen molar-refractivity contribution < 1.29 is 0 Å². The second-order valence-corrected chi connectivity index (χ2v) is 3.84. The molecule has 0 aromatic heterocycles. The Bertz CT molecular complexity index is 199. The van der Waals surface area contributed by atoms with Crippen molar-refractivity contribution in [3.8, 4) is 0 Å². The standard InChI is InChI=1S/C9H10BrCl.C2H6/c10-9(6-7-11)8-4-2-1-3-5-8;1-2/h1-5,9H,6-7H2;1-2H3. The lowest BCUT2D eigenvalue weighted by atomic mass is 10.1. The largest absolute Gasteiger partial charge is 0.127 e. The fraction of sp³-hybridized carbons (Fsp3) is 0.455. The van der Waals surface area contributed by atoms with Gasteiger partial charge in [0.25, 0.3) is 0 Å². The van der Waals surface area contributed by atoms with Crippen LogP contribution in [0.2, 0.25) is 0 Å². The van der Waals surface area contributed by atoms with Crippen LogP contribution in [0, 0.1) is 0 Å². The first-order valence-corrected chi connectivity index (χ1v) is 6.04. The number of halogens is 2. The maximum Gasteiger partial charge on any atom is 0.0406 e.